The maximum Gasteiger partial charge on any atom is 0.229 e. The number of carbonyl (C=O) groups is 2. The molecule has 6 heteroatoms. The summed E-state index contributed by atoms with van der Waals surface area (Å²) in [5.41, 5.74) is 1.76. The van der Waals surface area contributed by atoms with E-state index in [1.165, 1.54) is 0 Å². The number of hydrogen-bond acceptors (Lipinski definition) is 2. The summed E-state index contributed by atoms with van der Waals surface area (Å²) in [6, 6.07) is 10.2. The van der Waals surface area contributed by atoms with Gasteiger partial charge in [-0.1, -0.05) is 18.2 Å². The number of benzene rings is 2. The highest BCUT2D eigenvalue weighted by Gasteiger charge is 2.35. The predicted octanol–water partition coefficient (Wildman–Crippen LogP) is 3.26. The fourth-order valence-corrected chi connectivity index (χ4v) is 2.85. The van der Waals surface area contributed by atoms with Crippen LogP contribution in [-0.4, -0.2) is 18.4 Å². The Morgan fingerprint density at radius 2 is 1.83 bits per heavy atom. The highest BCUT2D eigenvalue weighted by Crippen LogP contribution is 2.28. The van der Waals surface area contributed by atoms with Crippen molar-refractivity contribution in [2.45, 2.75) is 13.3 Å². The topological polar surface area (TPSA) is 49.4 Å². The molecule has 0 radical (unpaired) electrons. The number of carbonyl (C=O) groups excluding carboxylic acids is 2. The van der Waals surface area contributed by atoms with E-state index in [1.54, 1.807) is 4.90 Å². The van der Waals surface area contributed by atoms with E-state index in [4.69, 9.17) is 0 Å². The Bertz CT molecular complexity index is 787. The van der Waals surface area contributed by atoms with Gasteiger partial charge in [0.05, 0.1) is 5.92 Å². The zero-order valence-corrected chi connectivity index (χ0v) is 13.1. The van der Waals surface area contributed by atoms with Crippen LogP contribution in [-0.2, 0) is 9.59 Å². The normalized spacial score (nSPS) is 17.2. The lowest BCUT2D eigenvalue weighted by Crippen LogP contribution is -2.28. The van der Waals surface area contributed by atoms with E-state index in [0.29, 0.717) is 0 Å². The van der Waals surface area contributed by atoms with E-state index in [0.717, 1.165) is 29.4 Å². The Labute approximate surface area is 138 Å². The van der Waals surface area contributed by atoms with Crippen LogP contribution in [0.2, 0.25) is 0 Å². The van der Waals surface area contributed by atoms with Gasteiger partial charge < -0.3 is 10.2 Å². The van der Waals surface area contributed by atoms with Crippen LogP contribution in [0.4, 0.5) is 20.2 Å². The Morgan fingerprint density at radius 3 is 2.50 bits per heavy atom. The average molecular weight is 330 g/mol. The van der Waals surface area contributed by atoms with Crippen LogP contribution in [0.15, 0.2) is 42.5 Å². The van der Waals surface area contributed by atoms with Gasteiger partial charge in [-0.2, -0.15) is 0 Å². The standard InChI is InChI=1S/C18H16F2N2O2/c1-11-4-2-3-5-16(11)22-10-12(6-17(22)23)18(24)21-15-8-13(19)7-14(20)9-15/h2-5,7-9,12H,6,10H2,1H3,(H,21,24)/t12-/m0/s1. The fourth-order valence-electron chi connectivity index (χ4n) is 2.85. The minimum absolute atomic E-state index is 0.0410. The molecule has 2 aromatic rings. The molecule has 1 atom stereocenters. The molecule has 0 saturated carbocycles. The Kier molecular flexibility index (Phi) is 4.29. The molecule has 0 spiro atoms. The largest absolute Gasteiger partial charge is 0.326 e. The van der Waals surface area contributed by atoms with Gasteiger partial charge in [-0.05, 0) is 30.7 Å². The van der Waals surface area contributed by atoms with E-state index in [2.05, 4.69) is 5.32 Å². The molecular weight excluding hydrogens is 314 g/mol. The second-order valence-corrected chi connectivity index (χ2v) is 5.84. The molecule has 24 heavy (non-hydrogen) atoms. The third-order valence-corrected chi connectivity index (χ3v) is 4.03. The van der Waals surface area contributed by atoms with E-state index in [9.17, 15) is 18.4 Å². The highest BCUT2D eigenvalue weighted by atomic mass is 19.1. The van der Waals surface area contributed by atoms with Crippen molar-refractivity contribution in [1.29, 1.82) is 0 Å². The van der Waals surface area contributed by atoms with Crippen LogP contribution in [0.5, 0.6) is 0 Å². The average Bonchev–Trinajstić information content (AvgIpc) is 2.88. The van der Waals surface area contributed by atoms with Crippen molar-refractivity contribution in [3.8, 4) is 0 Å². The summed E-state index contributed by atoms with van der Waals surface area (Å²) >= 11 is 0. The molecule has 0 bridgehead atoms. The number of para-hydroxylation sites is 1. The first-order valence-electron chi connectivity index (χ1n) is 7.57. The molecule has 1 N–H and O–H groups in total. The first-order chi connectivity index (χ1) is 11.4. The summed E-state index contributed by atoms with van der Waals surface area (Å²) in [4.78, 5) is 26.1. The Morgan fingerprint density at radius 1 is 1.17 bits per heavy atom. The lowest BCUT2D eigenvalue weighted by atomic mass is 10.1. The molecule has 0 unspecified atom stereocenters. The third kappa shape index (κ3) is 3.27. The van der Waals surface area contributed by atoms with Crippen LogP contribution in [0.1, 0.15) is 12.0 Å². The third-order valence-electron chi connectivity index (χ3n) is 4.03. The Balaban J connectivity index is 1.73. The lowest BCUT2D eigenvalue weighted by molar-refractivity contribution is -0.122. The zero-order chi connectivity index (χ0) is 17.3. The van der Waals surface area contributed by atoms with E-state index in [1.807, 2.05) is 31.2 Å². The number of hydrogen-bond donors (Lipinski definition) is 1. The van der Waals surface area contributed by atoms with Crippen LogP contribution in [0.3, 0.4) is 0 Å². The number of anilines is 2. The minimum Gasteiger partial charge on any atom is -0.326 e. The number of nitrogens with zero attached hydrogens (tertiary/aromatic N) is 1. The molecule has 2 amide bonds. The van der Waals surface area contributed by atoms with Crippen LogP contribution >= 0.6 is 0 Å². The smallest absolute Gasteiger partial charge is 0.229 e. The summed E-state index contributed by atoms with van der Waals surface area (Å²) in [7, 11) is 0. The lowest BCUT2D eigenvalue weighted by Gasteiger charge is -2.19. The molecule has 1 fully saturated rings. The molecule has 1 heterocycles. The second kappa shape index (κ2) is 6.39. The number of aryl methyl sites for hydroxylation is 1. The first kappa shape index (κ1) is 16.1. The molecule has 2 aromatic carbocycles. The molecule has 124 valence electrons. The monoisotopic (exact) mass is 330 g/mol. The van der Waals surface area contributed by atoms with Gasteiger partial charge in [-0.3, -0.25) is 9.59 Å². The van der Waals surface area contributed by atoms with Crippen molar-refractivity contribution in [2.75, 3.05) is 16.8 Å². The van der Waals surface area contributed by atoms with Crippen molar-refractivity contribution in [1.82, 2.24) is 0 Å². The van der Waals surface area contributed by atoms with Gasteiger partial charge in [0.15, 0.2) is 0 Å². The number of rotatable bonds is 3. The molecule has 1 aliphatic heterocycles. The first-order valence-corrected chi connectivity index (χ1v) is 7.57. The summed E-state index contributed by atoms with van der Waals surface area (Å²) in [5, 5.41) is 2.47. The maximum atomic E-state index is 13.2. The number of amides is 2. The predicted molar refractivity (Wildman–Crippen MR) is 86.6 cm³/mol. The SMILES string of the molecule is Cc1ccccc1N1C[C@@H](C(=O)Nc2cc(F)cc(F)c2)CC1=O. The second-order valence-electron chi connectivity index (χ2n) is 5.84. The summed E-state index contributed by atoms with van der Waals surface area (Å²) in [5.74, 6) is -2.67. The van der Waals surface area contributed by atoms with Gasteiger partial charge in [-0.15, -0.1) is 0 Å². The van der Waals surface area contributed by atoms with Gasteiger partial charge in [0.2, 0.25) is 11.8 Å². The highest BCUT2D eigenvalue weighted by molar-refractivity contribution is 6.03. The van der Waals surface area contributed by atoms with Gasteiger partial charge >= 0.3 is 0 Å². The van der Waals surface area contributed by atoms with Crippen molar-refractivity contribution >= 4 is 23.2 Å². The summed E-state index contributed by atoms with van der Waals surface area (Å²) in [6.45, 7) is 2.14. The summed E-state index contributed by atoms with van der Waals surface area (Å²) < 4.78 is 26.4. The van der Waals surface area contributed by atoms with E-state index < -0.39 is 23.5 Å². The number of nitrogens with one attached hydrogen (secondary N) is 1. The van der Waals surface area contributed by atoms with E-state index in [-0.39, 0.29) is 24.6 Å². The Hall–Kier alpha value is -2.76. The van der Waals surface area contributed by atoms with Crippen molar-refractivity contribution in [3.63, 3.8) is 0 Å². The van der Waals surface area contributed by atoms with Gasteiger partial charge in [-0.25, -0.2) is 8.78 Å². The van der Waals surface area contributed by atoms with Gasteiger partial charge in [0.25, 0.3) is 0 Å². The quantitative estimate of drug-likeness (QED) is 0.939. The van der Waals surface area contributed by atoms with Crippen LogP contribution in [0.25, 0.3) is 0 Å². The van der Waals surface area contributed by atoms with Gasteiger partial charge in [0.1, 0.15) is 11.6 Å². The van der Waals surface area contributed by atoms with Crippen LogP contribution < -0.4 is 10.2 Å². The molecule has 3 rings (SSSR count). The summed E-state index contributed by atoms with van der Waals surface area (Å²) in [6.07, 6.45) is 0.0674. The van der Waals surface area contributed by atoms with Gasteiger partial charge in [0, 0.05) is 30.4 Å². The van der Waals surface area contributed by atoms with Crippen LogP contribution in [0, 0.1) is 24.5 Å². The molecule has 1 aliphatic rings. The minimum atomic E-state index is -0.769. The van der Waals surface area contributed by atoms with Crippen molar-refractivity contribution in [2.24, 2.45) is 5.92 Å². The zero-order valence-electron chi connectivity index (χ0n) is 13.1. The molecule has 0 aliphatic carbocycles. The van der Waals surface area contributed by atoms with Crippen molar-refractivity contribution in [3.05, 3.63) is 59.7 Å². The van der Waals surface area contributed by atoms with Crippen molar-refractivity contribution < 1.29 is 18.4 Å². The molecule has 4 nitrogen and oxygen atoms in total. The molecular formula is C18H16F2N2O2. The number of halogens is 2. The molecule has 1 saturated heterocycles. The molecule has 0 aromatic heterocycles. The fraction of sp³-hybridized carbons (Fsp3) is 0.222. The maximum absolute atomic E-state index is 13.2. The van der Waals surface area contributed by atoms with E-state index >= 15 is 0 Å².